The highest BCUT2D eigenvalue weighted by Crippen LogP contribution is 2.27. The number of benzene rings is 1. The average Bonchev–Trinajstić information content (AvgIpc) is 3.07. The molecule has 1 nitrogen and oxygen atoms in total. The standard InChI is InChI=1S/C16H19N/c1-16(2,3)17-12-15-7-5-4-6-14(15)11-10-13-8-9-13/h4-7,12-13H,8-9H2,1-3H3. The molecule has 0 aliphatic heterocycles. The Balaban J connectivity index is 2.22. The van der Waals surface area contributed by atoms with Crippen LogP contribution in [-0.4, -0.2) is 11.8 Å². The van der Waals surface area contributed by atoms with Crippen molar-refractivity contribution in [2.45, 2.75) is 39.2 Å². The molecule has 0 heterocycles. The van der Waals surface area contributed by atoms with Crippen LogP contribution in [0.25, 0.3) is 0 Å². The minimum Gasteiger partial charge on any atom is -0.287 e. The van der Waals surface area contributed by atoms with Crippen molar-refractivity contribution in [2.75, 3.05) is 0 Å². The largest absolute Gasteiger partial charge is 0.287 e. The molecule has 1 heteroatoms. The van der Waals surface area contributed by atoms with Crippen LogP contribution in [0.1, 0.15) is 44.7 Å². The first kappa shape index (κ1) is 11.9. The molecule has 0 N–H and O–H groups in total. The SMILES string of the molecule is CC(C)(C)N=Cc1ccccc1C#CC1CC1. The Morgan fingerprint density at radius 1 is 1.24 bits per heavy atom. The summed E-state index contributed by atoms with van der Waals surface area (Å²) in [5, 5.41) is 0. The zero-order valence-corrected chi connectivity index (χ0v) is 10.8. The summed E-state index contributed by atoms with van der Waals surface area (Å²) in [7, 11) is 0. The van der Waals surface area contributed by atoms with E-state index >= 15 is 0 Å². The summed E-state index contributed by atoms with van der Waals surface area (Å²) in [6.07, 6.45) is 4.48. The summed E-state index contributed by atoms with van der Waals surface area (Å²) in [5.74, 6) is 7.21. The molecule has 0 atom stereocenters. The van der Waals surface area contributed by atoms with Gasteiger partial charge in [0.1, 0.15) is 0 Å². The van der Waals surface area contributed by atoms with E-state index in [1.165, 1.54) is 12.8 Å². The Morgan fingerprint density at radius 2 is 1.94 bits per heavy atom. The van der Waals surface area contributed by atoms with E-state index in [1.54, 1.807) is 0 Å². The quantitative estimate of drug-likeness (QED) is 0.511. The summed E-state index contributed by atoms with van der Waals surface area (Å²) in [4.78, 5) is 4.54. The van der Waals surface area contributed by atoms with Crippen molar-refractivity contribution < 1.29 is 0 Å². The molecule has 1 saturated carbocycles. The Kier molecular flexibility index (Phi) is 3.33. The monoisotopic (exact) mass is 225 g/mol. The van der Waals surface area contributed by atoms with Crippen LogP contribution in [0.5, 0.6) is 0 Å². The third kappa shape index (κ3) is 4.07. The number of nitrogens with zero attached hydrogens (tertiary/aromatic N) is 1. The summed E-state index contributed by atoms with van der Waals surface area (Å²) < 4.78 is 0. The lowest BCUT2D eigenvalue weighted by Crippen LogP contribution is -2.09. The van der Waals surface area contributed by atoms with Crippen molar-refractivity contribution in [3.8, 4) is 11.8 Å². The molecule has 0 spiro atoms. The van der Waals surface area contributed by atoms with Gasteiger partial charge >= 0.3 is 0 Å². The van der Waals surface area contributed by atoms with Crippen molar-refractivity contribution in [1.29, 1.82) is 0 Å². The van der Waals surface area contributed by atoms with Crippen LogP contribution in [-0.2, 0) is 0 Å². The first-order valence-corrected chi connectivity index (χ1v) is 6.20. The van der Waals surface area contributed by atoms with Crippen molar-refractivity contribution in [3.63, 3.8) is 0 Å². The minimum absolute atomic E-state index is 0.0307. The molecular formula is C16H19N. The van der Waals surface area contributed by atoms with Crippen LogP contribution in [0.4, 0.5) is 0 Å². The fourth-order valence-electron chi connectivity index (χ4n) is 1.39. The van der Waals surface area contributed by atoms with Gasteiger partial charge in [0, 0.05) is 23.3 Å². The molecule has 1 fully saturated rings. The normalized spacial score (nSPS) is 15.7. The maximum Gasteiger partial charge on any atom is 0.0524 e. The summed E-state index contributed by atoms with van der Waals surface area (Å²) in [6.45, 7) is 6.30. The lowest BCUT2D eigenvalue weighted by molar-refractivity contribution is 0.586. The number of rotatable bonds is 1. The van der Waals surface area contributed by atoms with Gasteiger partial charge in [-0.1, -0.05) is 30.0 Å². The summed E-state index contributed by atoms with van der Waals surface area (Å²) >= 11 is 0. The predicted octanol–water partition coefficient (Wildman–Crippen LogP) is 3.67. The maximum atomic E-state index is 4.54. The molecule has 0 amide bonds. The van der Waals surface area contributed by atoms with Gasteiger partial charge in [0.25, 0.3) is 0 Å². The number of aliphatic imine (C=N–C) groups is 1. The third-order valence-corrected chi connectivity index (χ3v) is 2.54. The molecule has 0 aromatic heterocycles. The van der Waals surface area contributed by atoms with E-state index in [9.17, 15) is 0 Å². The highest BCUT2D eigenvalue weighted by atomic mass is 14.8. The van der Waals surface area contributed by atoms with Gasteiger partial charge in [-0.25, -0.2) is 0 Å². The van der Waals surface area contributed by atoms with Gasteiger partial charge in [-0.3, -0.25) is 4.99 Å². The Bertz CT molecular complexity index is 476. The second-order valence-corrected chi connectivity index (χ2v) is 5.56. The van der Waals surface area contributed by atoms with Crippen LogP contribution < -0.4 is 0 Å². The molecular weight excluding hydrogens is 206 g/mol. The molecule has 1 aliphatic carbocycles. The van der Waals surface area contributed by atoms with Gasteiger partial charge in [-0.2, -0.15) is 0 Å². The van der Waals surface area contributed by atoms with Gasteiger partial charge in [0.05, 0.1) is 5.54 Å². The fraction of sp³-hybridized carbons (Fsp3) is 0.438. The van der Waals surface area contributed by atoms with Crippen LogP contribution in [0, 0.1) is 17.8 Å². The predicted molar refractivity (Wildman–Crippen MR) is 73.4 cm³/mol. The Hall–Kier alpha value is -1.55. The van der Waals surface area contributed by atoms with Crippen molar-refractivity contribution in [2.24, 2.45) is 10.9 Å². The van der Waals surface area contributed by atoms with Gasteiger partial charge in [-0.15, -0.1) is 0 Å². The fourth-order valence-corrected chi connectivity index (χ4v) is 1.39. The molecule has 0 bridgehead atoms. The number of hydrogen-bond donors (Lipinski definition) is 0. The molecule has 0 saturated heterocycles. The van der Waals surface area contributed by atoms with Crippen LogP contribution in [0.3, 0.4) is 0 Å². The van der Waals surface area contributed by atoms with E-state index in [2.05, 4.69) is 49.7 Å². The molecule has 0 unspecified atom stereocenters. The molecule has 0 radical (unpaired) electrons. The topological polar surface area (TPSA) is 12.4 Å². The van der Waals surface area contributed by atoms with Crippen molar-refractivity contribution in [1.82, 2.24) is 0 Å². The second-order valence-electron chi connectivity index (χ2n) is 5.56. The van der Waals surface area contributed by atoms with Gasteiger partial charge in [0.2, 0.25) is 0 Å². The molecule has 1 aliphatic rings. The Morgan fingerprint density at radius 3 is 2.59 bits per heavy atom. The van der Waals surface area contributed by atoms with Crippen molar-refractivity contribution >= 4 is 6.21 Å². The van der Waals surface area contributed by atoms with Gasteiger partial charge < -0.3 is 0 Å². The summed E-state index contributed by atoms with van der Waals surface area (Å²) in [5.41, 5.74) is 2.18. The average molecular weight is 225 g/mol. The van der Waals surface area contributed by atoms with Crippen molar-refractivity contribution in [3.05, 3.63) is 35.4 Å². The van der Waals surface area contributed by atoms with Crippen LogP contribution >= 0.6 is 0 Å². The molecule has 17 heavy (non-hydrogen) atoms. The molecule has 2 rings (SSSR count). The van der Waals surface area contributed by atoms with Gasteiger partial charge in [0.15, 0.2) is 0 Å². The van der Waals surface area contributed by atoms with E-state index in [0.717, 1.165) is 11.1 Å². The first-order chi connectivity index (χ1) is 8.04. The maximum absolute atomic E-state index is 4.54. The first-order valence-electron chi connectivity index (χ1n) is 6.20. The zero-order chi connectivity index (χ0) is 12.3. The summed E-state index contributed by atoms with van der Waals surface area (Å²) in [6, 6.07) is 8.21. The second kappa shape index (κ2) is 4.75. The highest BCUT2D eigenvalue weighted by Gasteiger charge is 2.17. The third-order valence-electron chi connectivity index (χ3n) is 2.54. The molecule has 1 aromatic rings. The van der Waals surface area contributed by atoms with E-state index in [-0.39, 0.29) is 5.54 Å². The highest BCUT2D eigenvalue weighted by molar-refractivity contribution is 5.83. The van der Waals surface area contributed by atoms with E-state index in [1.807, 2.05) is 18.3 Å². The minimum atomic E-state index is -0.0307. The number of hydrogen-bond acceptors (Lipinski definition) is 1. The molecule has 1 aromatic carbocycles. The smallest absolute Gasteiger partial charge is 0.0524 e. The zero-order valence-electron chi connectivity index (χ0n) is 10.8. The van der Waals surface area contributed by atoms with Crippen LogP contribution in [0.15, 0.2) is 29.3 Å². The van der Waals surface area contributed by atoms with E-state index in [0.29, 0.717) is 5.92 Å². The van der Waals surface area contributed by atoms with E-state index in [4.69, 9.17) is 0 Å². The van der Waals surface area contributed by atoms with Crippen LogP contribution in [0.2, 0.25) is 0 Å². The lowest BCUT2D eigenvalue weighted by atomic mass is 10.1. The Labute approximate surface area is 104 Å². The van der Waals surface area contributed by atoms with Gasteiger partial charge in [-0.05, 0) is 39.7 Å². The van der Waals surface area contributed by atoms with E-state index < -0.39 is 0 Å². The lowest BCUT2D eigenvalue weighted by Gasteiger charge is -2.11. The molecule has 88 valence electrons.